The molecule has 2 aromatic heterocycles. The number of ether oxygens (including phenoxy) is 1. The number of phenols is 1. The van der Waals surface area contributed by atoms with Crippen LogP contribution in [0.3, 0.4) is 0 Å². The van der Waals surface area contributed by atoms with Crippen molar-refractivity contribution in [3.63, 3.8) is 0 Å². The summed E-state index contributed by atoms with van der Waals surface area (Å²) in [6.45, 7) is 5.30. The fraction of sp³-hybridized carbons (Fsp3) is 0.316. The van der Waals surface area contributed by atoms with E-state index in [1.54, 1.807) is 13.0 Å². The Labute approximate surface area is 149 Å². The van der Waals surface area contributed by atoms with E-state index in [2.05, 4.69) is 5.16 Å². The maximum atomic E-state index is 12.4. The lowest BCUT2D eigenvalue weighted by atomic mass is 10.0. The van der Waals surface area contributed by atoms with Crippen molar-refractivity contribution >= 4 is 16.9 Å². The van der Waals surface area contributed by atoms with Gasteiger partial charge in [-0.25, -0.2) is 9.59 Å². The van der Waals surface area contributed by atoms with Gasteiger partial charge in [0.2, 0.25) is 0 Å². The zero-order valence-corrected chi connectivity index (χ0v) is 14.8. The fourth-order valence-corrected chi connectivity index (χ4v) is 2.85. The van der Waals surface area contributed by atoms with Crippen LogP contribution in [0.2, 0.25) is 0 Å². The normalized spacial score (nSPS) is 11.0. The summed E-state index contributed by atoms with van der Waals surface area (Å²) in [5.74, 6) is -0.107. The number of aromatic hydroxyl groups is 1. The molecule has 1 aromatic carbocycles. The van der Waals surface area contributed by atoms with Crippen molar-refractivity contribution in [2.75, 3.05) is 0 Å². The molecule has 0 aliphatic heterocycles. The van der Waals surface area contributed by atoms with Crippen molar-refractivity contribution in [2.24, 2.45) is 0 Å². The Morgan fingerprint density at radius 2 is 1.96 bits per heavy atom. The molecule has 0 aliphatic carbocycles. The Morgan fingerprint density at radius 3 is 2.65 bits per heavy atom. The SMILES string of the molecule is CCc1cc2c(COC(=O)c3c(CC)noc3C)cc(=O)oc2cc1O. The van der Waals surface area contributed by atoms with Crippen molar-refractivity contribution in [3.05, 3.63) is 56.8 Å². The van der Waals surface area contributed by atoms with Gasteiger partial charge in [0.25, 0.3) is 0 Å². The number of fused-ring (bicyclic) bond motifs is 1. The molecule has 0 radical (unpaired) electrons. The first kappa shape index (κ1) is 17.7. The van der Waals surface area contributed by atoms with Crippen LogP contribution >= 0.6 is 0 Å². The molecule has 3 aromatic rings. The Hall–Kier alpha value is -3.09. The monoisotopic (exact) mass is 357 g/mol. The molecule has 0 saturated heterocycles. The van der Waals surface area contributed by atoms with Gasteiger partial charge in [0, 0.05) is 23.1 Å². The maximum absolute atomic E-state index is 12.4. The summed E-state index contributed by atoms with van der Waals surface area (Å²) < 4.78 is 15.6. The molecule has 7 heteroatoms. The first-order valence-electron chi connectivity index (χ1n) is 8.35. The van der Waals surface area contributed by atoms with Crippen LogP contribution in [0.4, 0.5) is 0 Å². The summed E-state index contributed by atoms with van der Waals surface area (Å²) in [5.41, 5.74) is 1.72. The summed E-state index contributed by atoms with van der Waals surface area (Å²) >= 11 is 0. The molecule has 0 saturated carbocycles. The van der Waals surface area contributed by atoms with E-state index in [4.69, 9.17) is 13.7 Å². The van der Waals surface area contributed by atoms with E-state index in [9.17, 15) is 14.7 Å². The van der Waals surface area contributed by atoms with Gasteiger partial charge in [-0.3, -0.25) is 0 Å². The number of carbonyl (C=O) groups is 1. The number of aryl methyl sites for hydroxylation is 3. The van der Waals surface area contributed by atoms with E-state index >= 15 is 0 Å². The summed E-state index contributed by atoms with van der Waals surface area (Å²) in [7, 11) is 0. The maximum Gasteiger partial charge on any atom is 0.344 e. The molecule has 0 spiro atoms. The summed E-state index contributed by atoms with van der Waals surface area (Å²) in [6.07, 6.45) is 1.15. The van der Waals surface area contributed by atoms with Crippen molar-refractivity contribution < 1.29 is 23.6 Å². The highest BCUT2D eigenvalue weighted by atomic mass is 16.5. The van der Waals surface area contributed by atoms with Crippen molar-refractivity contribution in [3.8, 4) is 5.75 Å². The van der Waals surface area contributed by atoms with Gasteiger partial charge in [-0.2, -0.15) is 0 Å². The molecule has 0 amide bonds. The third kappa shape index (κ3) is 3.20. The van der Waals surface area contributed by atoms with E-state index in [1.807, 2.05) is 13.8 Å². The topological polar surface area (TPSA) is 103 Å². The molecule has 0 atom stereocenters. The van der Waals surface area contributed by atoms with Gasteiger partial charge >= 0.3 is 11.6 Å². The Balaban J connectivity index is 1.94. The van der Waals surface area contributed by atoms with Crippen LogP contribution in [0.5, 0.6) is 5.75 Å². The van der Waals surface area contributed by atoms with Crippen molar-refractivity contribution in [1.29, 1.82) is 0 Å². The lowest BCUT2D eigenvalue weighted by Gasteiger charge is -2.09. The number of aromatic nitrogens is 1. The predicted octanol–water partition coefficient (Wildman–Crippen LogP) is 3.28. The molecule has 26 heavy (non-hydrogen) atoms. The van der Waals surface area contributed by atoms with E-state index in [0.29, 0.717) is 46.4 Å². The highest BCUT2D eigenvalue weighted by molar-refractivity contribution is 5.92. The van der Waals surface area contributed by atoms with Gasteiger partial charge in [-0.1, -0.05) is 19.0 Å². The van der Waals surface area contributed by atoms with Crippen LogP contribution in [-0.2, 0) is 24.2 Å². The number of hydrogen-bond acceptors (Lipinski definition) is 7. The zero-order chi connectivity index (χ0) is 18.8. The van der Waals surface area contributed by atoms with Gasteiger partial charge in [0.05, 0.1) is 5.69 Å². The minimum Gasteiger partial charge on any atom is -0.508 e. The Morgan fingerprint density at radius 1 is 1.19 bits per heavy atom. The average molecular weight is 357 g/mol. The number of carbonyl (C=O) groups excluding carboxylic acids is 1. The predicted molar refractivity (Wildman–Crippen MR) is 93.3 cm³/mol. The first-order chi connectivity index (χ1) is 12.4. The first-order valence-corrected chi connectivity index (χ1v) is 8.35. The number of esters is 1. The van der Waals surface area contributed by atoms with Gasteiger partial charge in [0.15, 0.2) is 0 Å². The van der Waals surface area contributed by atoms with Crippen LogP contribution in [0.25, 0.3) is 11.0 Å². The van der Waals surface area contributed by atoms with Crippen LogP contribution < -0.4 is 5.63 Å². The molecule has 7 nitrogen and oxygen atoms in total. The molecular weight excluding hydrogens is 338 g/mol. The van der Waals surface area contributed by atoms with E-state index in [1.165, 1.54) is 12.1 Å². The van der Waals surface area contributed by atoms with Gasteiger partial charge < -0.3 is 18.8 Å². The number of hydrogen-bond donors (Lipinski definition) is 1. The highest BCUT2D eigenvalue weighted by Crippen LogP contribution is 2.27. The molecular formula is C19H19NO6. The Bertz CT molecular complexity index is 1030. The van der Waals surface area contributed by atoms with Crippen molar-refractivity contribution in [2.45, 2.75) is 40.2 Å². The van der Waals surface area contributed by atoms with Crippen LogP contribution in [0.1, 0.15) is 46.8 Å². The fourth-order valence-electron chi connectivity index (χ4n) is 2.85. The van der Waals surface area contributed by atoms with E-state index < -0.39 is 11.6 Å². The minimum absolute atomic E-state index is 0.0602. The molecule has 2 heterocycles. The molecule has 136 valence electrons. The summed E-state index contributed by atoms with van der Waals surface area (Å²) in [5, 5.41) is 14.4. The lowest BCUT2D eigenvalue weighted by Crippen LogP contribution is -2.10. The van der Waals surface area contributed by atoms with Gasteiger partial charge in [0.1, 0.15) is 29.3 Å². The number of benzene rings is 1. The molecule has 1 N–H and O–H groups in total. The van der Waals surface area contributed by atoms with E-state index in [0.717, 1.165) is 0 Å². The number of rotatable bonds is 5. The molecule has 3 rings (SSSR count). The second kappa shape index (κ2) is 7.03. The lowest BCUT2D eigenvalue weighted by molar-refractivity contribution is 0.0470. The molecule has 0 bridgehead atoms. The van der Waals surface area contributed by atoms with Crippen LogP contribution in [-0.4, -0.2) is 16.2 Å². The largest absolute Gasteiger partial charge is 0.508 e. The standard InChI is InChI=1S/C19H19NO6/c1-4-11-6-13-12(7-17(22)25-16(13)8-15(11)21)9-24-19(23)18-10(3)26-20-14(18)5-2/h6-8,21H,4-5,9H2,1-3H3. The van der Waals surface area contributed by atoms with Crippen molar-refractivity contribution in [1.82, 2.24) is 5.16 Å². The quantitative estimate of drug-likeness (QED) is 0.552. The molecule has 0 aliphatic rings. The second-order valence-electron chi connectivity index (χ2n) is 5.91. The molecule has 0 fully saturated rings. The van der Waals surface area contributed by atoms with Crippen LogP contribution in [0.15, 0.2) is 31.9 Å². The third-order valence-electron chi connectivity index (χ3n) is 4.24. The number of nitrogens with zero attached hydrogens (tertiary/aromatic N) is 1. The average Bonchev–Trinajstić information content (AvgIpc) is 2.99. The minimum atomic E-state index is -0.581. The second-order valence-corrected chi connectivity index (χ2v) is 5.91. The van der Waals surface area contributed by atoms with Gasteiger partial charge in [-0.15, -0.1) is 0 Å². The van der Waals surface area contributed by atoms with E-state index in [-0.39, 0.29) is 17.9 Å². The molecule has 0 unspecified atom stereocenters. The smallest absolute Gasteiger partial charge is 0.344 e. The highest BCUT2D eigenvalue weighted by Gasteiger charge is 2.21. The Kier molecular flexibility index (Phi) is 4.79. The summed E-state index contributed by atoms with van der Waals surface area (Å²) in [4.78, 5) is 24.2. The number of phenolic OH excluding ortho intramolecular Hbond substituents is 1. The zero-order valence-electron chi connectivity index (χ0n) is 14.8. The third-order valence-corrected chi connectivity index (χ3v) is 4.24. The van der Waals surface area contributed by atoms with Crippen LogP contribution in [0, 0.1) is 6.92 Å². The summed E-state index contributed by atoms with van der Waals surface area (Å²) in [6, 6.07) is 4.42. The van der Waals surface area contributed by atoms with Gasteiger partial charge in [-0.05, 0) is 31.4 Å².